The van der Waals surface area contributed by atoms with Crippen molar-refractivity contribution in [1.29, 1.82) is 0 Å². The predicted octanol–water partition coefficient (Wildman–Crippen LogP) is 4.88. The molecule has 3 aromatic rings. The van der Waals surface area contributed by atoms with Crippen LogP contribution in [0.1, 0.15) is 28.8 Å². The quantitative estimate of drug-likeness (QED) is 0.595. The summed E-state index contributed by atoms with van der Waals surface area (Å²) in [6.07, 6.45) is 0.199. The number of carbonyl (C=O) groups excluding carboxylic acids is 2. The Hall–Kier alpha value is -2.77. The Bertz CT molecular complexity index is 1220. The van der Waals surface area contributed by atoms with E-state index in [9.17, 15) is 9.59 Å². The maximum absolute atomic E-state index is 13.2. The molecule has 1 saturated heterocycles. The summed E-state index contributed by atoms with van der Waals surface area (Å²) in [5.41, 5.74) is 6.02. The summed E-state index contributed by atoms with van der Waals surface area (Å²) in [5, 5.41) is 8.47. The molecule has 0 radical (unpaired) electrons. The average molecular weight is 467 g/mol. The number of hydrogen-bond acceptors (Lipinski definition) is 4. The number of hydrogen-bond donors (Lipinski definition) is 1. The molecule has 2 aliphatic heterocycles. The Labute approximate surface area is 195 Å². The van der Waals surface area contributed by atoms with Crippen LogP contribution < -0.4 is 10.2 Å². The fourth-order valence-electron chi connectivity index (χ4n) is 4.16. The van der Waals surface area contributed by atoms with Gasteiger partial charge in [-0.25, -0.2) is 4.68 Å². The molecule has 1 unspecified atom stereocenters. The van der Waals surface area contributed by atoms with E-state index in [2.05, 4.69) is 5.32 Å². The lowest BCUT2D eigenvalue weighted by molar-refractivity contribution is -0.122. The summed E-state index contributed by atoms with van der Waals surface area (Å²) in [7, 11) is 0. The Balaban J connectivity index is 1.39. The van der Waals surface area contributed by atoms with E-state index in [-0.39, 0.29) is 18.2 Å². The third-order valence-electron chi connectivity index (χ3n) is 6.16. The number of halogens is 1. The molecule has 8 heteroatoms. The summed E-state index contributed by atoms with van der Waals surface area (Å²) < 4.78 is 1.77. The minimum Gasteiger partial charge on any atom is -0.312 e. The molecule has 2 amide bonds. The van der Waals surface area contributed by atoms with Gasteiger partial charge < -0.3 is 10.2 Å². The number of anilines is 2. The molecule has 2 aromatic carbocycles. The SMILES string of the molecule is Cc1ccc(N2CC(C(=O)Nc3c4c(nn3-c3ccc(Cl)cc3)CSC4)CC2=O)cc1C. The van der Waals surface area contributed by atoms with Crippen molar-refractivity contribution in [3.63, 3.8) is 0 Å². The van der Waals surface area contributed by atoms with Crippen molar-refractivity contribution in [2.45, 2.75) is 31.8 Å². The van der Waals surface area contributed by atoms with Gasteiger partial charge in [0.2, 0.25) is 11.8 Å². The summed E-state index contributed by atoms with van der Waals surface area (Å²) in [5.74, 6) is 1.72. The highest BCUT2D eigenvalue weighted by atomic mass is 35.5. The number of amides is 2. The lowest BCUT2D eigenvalue weighted by atomic mass is 10.1. The monoisotopic (exact) mass is 466 g/mol. The fourth-order valence-corrected chi connectivity index (χ4v) is 5.32. The van der Waals surface area contributed by atoms with Crippen LogP contribution in [0.15, 0.2) is 42.5 Å². The second-order valence-electron chi connectivity index (χ2n) is 8.32. The molecular formula is C24H23ClN4O2S. The zero-order valence-corrected chi connectivity index (χ0v) is 19.5. The van der Waals surface area contributed by atoms with Crippen LogP contribution in [0.5, 0.6) is 0 Å². The topological polar surface area (TPSA) is 67.2 Å². The number of aryl methyl sites for hydroxylation is 2. The average Bonchev–Trinajstić information content (AvgIpc) is 3.47. The molecule has 1 N–H and O–H groups in total. The molecule has 6 nitrogen and oxygen atoms in total. The van der Waals surface area contributed by atoms with E-state index in [0.29, 0.717) is 17.4 Å². The summed E-state index contributed by atoms with van der Waals surface area (Å²) >= 11 is 7.82. The third kappa shape index (κ3) is 3.80. The number of nitrogens with one attached hydrogen (secondary N) is 1. The Morgan fingerprint density at radius 2 is 1.84 bits per heavy atom. The van der Waals surface area contributed by atoms with Crippen LogP contribution in [0, 0.1) is 19.8 Å². The van der Waals surface area contributed by atoms with Gasteiger partial charge in [0.05, 0.1) is 17.3 Å². The highest BCUT2D eigenvalue weighted by molar-refractivity contribution is 7.98. The standard InChI is InChI=1S/C24H23ClN4O2S/c1-14-3-6-19(9-15(14)2)28-11-16(10-22(28)30)24(31)26-23-20-12-32-13-21(20)27-29(23)18-7-4-17(25)5-8-18/h3-9,16H,10-13H2,1-2H3,(H,26,31). The maximum atomic E-state index is 13.2. The first-order valence-corrected chi connectivity index (χ1v) is 12.1. The van der Waals surface area contributed by atoms with Gasteiger partial charge in [-0.15, -0.1) is 0 Å². The maximum Gasteiger partial charge on any atom is 0.230 e. The molecule has 0 bridgehead atoms. The number of benzene rings is 2. The molecule has 0 spiro atoms. The van der Waals surface area contributed by atoms with Gasteiger partial charge in [0.25, 0.3) is 0 Å². The van der Waals surface area contributed by atoms with Gasteiger partial charge in [0, 0.05) is 40.7 Å². The molecule has 164 valence electrons. The second kappa shape index (κ2) is 8.30. The van der Waals surface area contributed by atoms with Gasteiger partial charge in [-0.1, -0.05) is 17.7 Å². The smallest absolute Gasteiger partial charge is 0.230 e. The van der Waals surface area contributed by atoms with E-state index in [1.165, 1.54) is 5.56 Å². The number of aromatic nitrogens is 2. The van der Waals surface area contributed by atoms with Gasteiger partial charge in [0.15, 0.2) is 0 Å². The van der Waals surface area contributed by atoms with E-state index in [0.717, 1.165) is 39.7 Å². The lowest BCUT2D eigenvalue weighted by Gasteiger charge is -2.18. The minimum atomic E-state index is -0.414. The van der Waals surface area contributed by atoms with Crippen LogP contribution in [0.2, 0.25) is 5.02 Å². The molecule has 0 saturated carbocycles. The minimum absolute atomic E-state index is 0.0274. The Morgan fingerprint density at radius 3 is 2.59 bits per heavy atom. The van der Waals surface area contributed by atoms with Crippen molar-refractivity contribution in [3.8, 4) is 5.69 Å². The van der Waals surface area contributed by atoms with Crippen molar-refractivity contribution >= 4 is 46.7 Å². The van der Waals surface area contributed by atoms with Crippen molar-refractivity contribution < 1.29 is 9.59 Å². The molecule has 3 heterocycles. The van der Waals surface area contributed by atoms with Gasteiger partial charge in [-0.3, -0.25) is 9.59 Å². The first kappa shape index (κ1) is 21.1. The predicted molar refractivity (Wildman–Crippen MR) is 129 cm³/mol. The van der Waals surface area contributed by atoms with E-state index in [4.69, 9.17) is 16.7 Å². The number of thioether (sulfide) groups is 1. The normalized spacial score (nSPS) is 17.7. The zero-order chi connectivity index (χ0) is 22.4. The molecule has 1 aromatic heterocycles. The third-order valence-corrected chi connectivity index (χ3v) is 7.39. The molecule has 32 heavy (non-hydrogen) atoms. The van der Waals surface area contributed by atoms with Crippen molar-refractivity contribution in [2.24, 2.45) is 5.92 Å². The van der Waals surface area contributed by atoms with Crippen molar-refractivity contribution in [2.75, 3.05) is 16.8 Å². The van der Waals surface area contributed by atoms with Gasteiger partial charge in [-0.05, 0) is 61.4 Å². The highest BCUT2D eigenvalue weighted by Crippen LogP contribution is 2.37. The lowest BCUT2D eigenvalue weighted by Crippen LogP contribution is -2.29. The Kier molecular flexibility index (Phi) is 5.47. The van der Waals surface area contributed by atoms with E-state index in [1.807, 2.05) is 44.2 Å². The van der Waals surface area contributed by atoms with Crippen LogP contribution in [-0.2, 0) is 21.1 Å². The summed E-state index contributed by atoms with van der Waals surface area (Å²) in [6.45, 7) is 4.45. The van der Waals surface area contributed by atoms with Crippen molar-refractivity contribution in [1.82, 2.24) is 9.78 Å². The van der Waals surface area contributed by atoms with Gasteiger partial charge in [0.1, 0.15) is 5.82 Å². The first-order valence-electron chi connectivity index (χ1n) is 10.5. The van der Waals surface area contributed by atoms with Crippen LogP contribution in [-0.4, -0.2) is 28.1 Å². The van der Waals surface area contributed by atoms with Gasteiger partial charge in [-0.2, -0.15) is 16.9 Å². The summed E-state index contributed by atoms with van der Waals surface area (Å²) in [6, 6.07) is 13.3. The molecule has 1 fully saturated rings. The van der Waals surface area contributed by atoms with E-state index in [1.54, 1.807) is 33.5 Å². The van der Waals surface area contributed by atoms with Gasteiger partial charge >= 0.3 is 0 Å². The van der Waals surface area contributed by atoms with E-state index >= 15 is 0 Å². The van der Waals surface area contributed by atoms with Crippen LogP contribution in [0.4, 0.5) is 11.5 Å². The Morgan fingerprint density at radius 1 is 1.09 bits per heavy atom. The zero-order valence-electron chi connectivity index (χ0n) is 17.9. The number of rotatable bonds is 4. The number of fused-ring (bicyclic) bond motifs is 1. The van der Waals surface area contributed by atoms with Crippen LogP contribution in [0.25, 0.3) is 5.69 Å². The summed E-state index contributed by atoms with van der Waals surface area (Å²) in [4.78, 5) is 27.7. The molecule has 2 aliphatic rings. The highest BCUT2D eigenvalue weighted by Gasteiger charge is 2.36. The van der Waals surface area contributed by atoms with Crippen LogP contribution in [0.3, 0.4) is 0 Å². The largest absolute Gasteiger partial charge is 0.312 e. The van der Waals surface area contributed by atoms with Crippen LogP contribution >= 0.6 is 23.4 Å². The molecular weight excluding hydrogens is 444 g/mol. The second-order valence-corrected chi connectivity index (χ2v) is 9.74. The molecule has 1 atom stereocenters. The number of nitrogens with zero attached hydrogens (tertiary/aromatic N) is 3. The molecule has 0 aliphatic carbocycles. The number of carbonyl (C=O) groups is 2. The first-order chi connectivity index (χ1) is 15.4. The van der Waals surface area contributed by atoms with E-state index < -0.39 is 5.92 Å². The van der Waals surface area contributed by atoms with Crippen molar-refractivity contribution in [3.05, 3.63) is 69.9 Å². The fraction of sp³-hybridized carbons (Fsp3) is 0.292. The molecule has 5 rings (SSSR count).